The molecule has 0 fully saturated rings. The number of rotatable bonds is 4. The van der Waals surface area contributed by atoms with Gasteiger partial charge in [-0.05, 0) is 30.3 Å². The third-order valence-corrected chi connectivity index (χ3v) is 6.04. The van der Waals surface area contributed by atoms with Crippen molar-refractivity contribution in [2.45, 2.75) is 4.90 Å². The van der Waals surface area contributed by atoms with Gasteiger partial charge >= 0.3 is 0 Å². The normalized spacial score (nSPS) is 11.6. The molecule has 0 saturated carbocycles. The van der Waals surface area contributed by atoms with Gasteiger partial charge in [0.2, 0.25) is 0 Å². The Morgan fingerprint density at radius 3 is 2.52 bits per heavy atom. The van der Waals surface area contributed by atoms with E-state index in [0.29, 0.717) is 22.7 Å². The van der Waals surface area contributed by atoms with Crippen LogP contribution in [0.5, 0.6) is 5.75 Å². The smallest absolute Gasteiger partial charge is 0.268 e. The molecular formula is C19H14ClN3O3S. The summed E-state index contributed by atoms with van der Waals surface area (Å²) >= 11 is 5.97. The van der Waals surface area contributed by atoms with Crippen molar-refractivity contribution in [3.63, 3.8) is 0 Å². The summed E-state index contributed by atoms with van der Waals surface area (Å²) in [6, 6.07) is 15.2. The lowest BCUT2D eigenvalue weighted by Gasteiger charge is -2.12. The third-order valence-electron chi connectivity index (χ3n) is 4.12. The molecule has 0 N–H and O–H groups in total. The van der Waals surface area contributed by atoms with Crippen LogP contribution >= 0.6 is 11.6 Å². The monoisotopic (exact) mass is 399 g/mol. The zero-order valence-electron chi connectivity index (χ0n) is 14.2. The first kappa shape index (κ1) is 17.5. The van der Waals surface area contributed by atoms with Gasteiger partial charge in [-0.2, -0.15) is 0 Å². The highest BCUT2D eigenvalue weighted by atomic mass is 35.5. The number of methoxy groups -OCH3 is 1. The Hall–Kier alpha value is -2.90. The molecule has 2 aromatic carbocycles. The average molecular weight is 400 g/mol. The van der Waals surface area contributed by atoms with E-state index < -0.39 is 10.0 Å². The second-order valence-corrected chi connectivity index (χ2v) is 7.94. The van der Waals surface area contributed by atoms with E-state index in [2.05, 4.69) is 9.97 Å². The molecule has 2 aromatic heterocycles. The number of fused-ring (bicyclic) bond motifs is 1. The number of aromatic nitrogens is 3. The van der Waals surface area contributed by atoms with E-state index in [0.717, 1.165) is 5.39 Å². The summed E-state index contributed by atoms with van der Waals surface area (Å²) in [6.07, 6.45) is 2.88. The molecule has 4 rings (SSSR count). The van der Waals surface area contributed by atoms with Crippen LogP contribution in [0, 0.1) is 0 Å². The molecule has 0 spiro atoms. The summed E-state index contributed by atoms with van der Waals surface area (Å²) in [4.78, 5) is 8.44. The predicted molar refractivity (Wildman–Crippen MR) is 104 cm³/mol. The van der Waals surface area contributed by atoms with Crippen molar-refractivity contribution in [2.24, 2.45) is 0 Å². The molecular weight excluding hydrogens is 386 g/mol. The van der Waals surface area contributed by atoms with Crippen LogP contribution in [0.4, 0.5) is 0 Å². The number of benzene rings is 2. The number of hydrogen-bond donors (Lipinski definition) is 0. The summed E-state index contributed by atoms with van der Waals surface area (Å²) in [6.45, 7) is 0. The molecule has 6 nitrogen and oxygen atoms in total. The fourth-order valence-electron chi connectivity index (χ4n) is 2.88. The SMILES string of the molecule is COc1ccc2cc(-c3cncc(Cl)n3)n(S(=O)(=O)c3ccccc3)c2c1. The van der Waals surface area contributed by atoms with Crippen molar-refractivity contribution in [3.8, 4) is 17.1 Å². The topological polar surface area (TPSA) is 74.1 Å². The lowest BCUT2D eigenvalue weighted by molar-refractivity contribution is 0.415. The molecule has 0 unspecified atom stereocenters. The van der Waals surface area contributed by atoms with Crippen molar-refractivity contribution < 1.29 is 13.2 Å². The van der Waals surface area contributed by atoms with E-state index in [9.17, 15) is 8.42 Å². The van der Waals surface area contributed by atoms with Crippen molar-refractivity contribution in [1.82, 2.24) is 13.9 Å². The predicted octanol–water partition coefficient (Wildman–Crippen LogP) is 4.00. The van der Waals surface area contributed by atoms with Crippen LogP contribution in [0.2, 0.25) is 5.15 Å². The van der Waals surface area contributed by atoms with E-state index in [4.69, 9.17) is 16.3 Å². The van der Waals surface area contributed by atoms with E-state index in [1.807, 2.05) is 0 Å². The fourth-order valence-corrected chi connectivity index (χ4v) is 4.57. The second kappa shape index (κ2) is 6.68. The van der Waals surface area contributed by atoms with E-state index in [-0.39, 0.29) is 10.0 Å². The molecule has 2 heterocycles. The Morgan fingerprint density at radius 2 is 1.81 bits per heavy atom. The first-order chi connectivity index (χ1) is 13.0. The summed E-state index contributed by atoms with van der Waals surface area (Å²) < 4.78 is 33.4. The molecule has 4 aromatic rings. The van der Waals surface area contributed by atoms with Crippen LogP contribution in [0.1, 0.15) is 0 Å². The lowest BCUT2D eigenvalue weighted by atomic mass is 10.2. The molecule has 0 aliphatic heterocycles. The zero-order chi connectivity index (χ0) is 19.0. The Bertz CT molecular complexity index is 1240. The Balaban J connectivity index is 2.09. The Labute approximate surface area is 161 Å². The van der Waals surface area contributed by atoms with Gasteiger partial charge in [0, 0.05) is 11.5 Å². The number of ether oxygens (including phenoxy) is 1. The van der Waals surface area contributed by atoms with E-state index >= 15 is 0 Å². The minimum absolute atomic E-state index is 0.168. The zero-order valence-corrected chi connectivity index (χ0v) is 15.8. The molecule has 27 heavy (non-hydrogen) atoms. The lowest BCUT2D eigenvalue weighted by Crippen LogP contribution is -2.14. The summed E-state index contributed by atoms with van der Waals surface area (Å²) in [5.41, 5.74) is 1.21. The highest BCUT2D eigenvalue weighted by Crippen LogP contribution is 2.33. The van der Waals surface area contributed by atoms with Crippen LogP contribution in [0.25, 0.3) is 22.3 Å². The van der Waals surface area contributed by atoms with Crippen molar-refractivity contribution in [3.05, 3.63) is 72.1 Å². The van der Waals surface area contributed by atoms with E-state index in [1.165, 1.54) is 23.5 Å². The van der Waals surface area contributed by atoms with Crippen LogP contribution in [0.3, 0.4) is 0 Å². The number of nitrogens with zero attached hydrogens (tertiary/aromatic N) is 3. The Morgan fingerprint density at radius 1 is 1.04 bits per heavy atom. The van der Waals surface area contributed by atoms with E-state index in [1.54, 1.807) is 54.6 Å². The molecule has 8 heteroatoms. The second-order valence-electron chi connectivity index (χ2n) is 5.76. The molecule has 136 valence electrons. The van der Waals surface area contributed by atoms with Gasteiger partial charge in [0.25, 0.3) is 10.0 Å². The van der Waals surface area contributed by atoms with Gasteiger partial charge in [-0.3, -0.25) is 4.98 Å². The molecule has 0 bridgehead atoms. The molecule has 0 radical (unpaired) electrons. The van der Waals surface area contributed by atoms with Crippen molar-refractivity contribution >= 4 is 32.5 Å². The quantitative estimate of drug-likeness (QED) is 0.518. The first-order valence-corrected chi connectivity index (χ1v) is 9.80. The highest BCUT2D eigenvalue weighted by molar-refractivity contribution is 7.90. The standard InChI is InChI=1S/C19H14ClN3O3S/c1-26-14-8-7-13-9-18(16-11-21-12-19(20)22-16)23(17(13)10-14)27(24,25)15-5-3-2-4-6-15/h2-12H,1H3. The molecule has 0 aliphatic carbocycles. The minimum atomic E-state index is -3.89. The van der Waals surface area contributed by atoms with Crippen molar-refractivity contribution in [1.29, 1.82) is 0 Å². The van der Waals surface area contributed by atoms with Gasteiger partial charge in [-0.25, -0.2) is 17.4 Å². The summed E-state index contributed by atoms with van der Waals surface area (Å²) in [5, 5.41) is 0.908. The van der Waals surface area contributed by atoms with Crippen LogP contribution in [-0.2, 0) is 10.0 Å². The van der Waals surface area contributed by atoms with Gasteiger partial charge in [0.1, 0.15) is 16.6 Å². The van der Waals surface area contributed by atoms with Crippen LogP contribution in [-0.4, -0.2) is 29.5 Å². The maximum Gasteiger partial charge on any atom is 0.268 e. The third kappa shape index (κ3) is 3.05. The molecule has 0 amide bonds. The maximum absolute atomic E-state index is 13.4. The highest BCUT2D eigenvalue weighted by Gasteiger charge is 2.25. The summed E-state index contributed by atoms with van der Waals surface area (Å²) in [5.74, 6) is 0.550. The fraction of sp³-hybridized carbons (Fsp3) is 0.0526. The van der Waals surface area contributed by atoms with Crippen molar-refractivity contribution in [2.75, 3.05) is 7.11 Å². The largest absolute Gasteiger partial charge is 0.497 e. The first-order valence-electron chi connectivity index (χ1n) is 7.99. The summed E-state index contributed by atoms with van der Waals surface area (Å²) in [7, 11) is -2.36. The van der Waals surface area contributed by atoms with Gasteiger partial charge in [-0.15, -0.1) is 0 Å². The van der Waals surface area contributed by atoms with Gasteiger partial charge in [0.15, 0.2) is 0 Å². The average Bonchev–Trinajstić information content (AvgIpc) is 3.08. The van der Waals surface area contributed by atoms with Gasteiger partial charge < -0.3 is 4.74 Å². The number of hydrogen-bond acceptors (Lipinski definition) is 5. The molecule has 0 atom stereocenters. The van der Waals surface area contributed by atoms with Gasteiger partial charge in [0.05, 0.1) is 35.6 Å². The van der Waals surface area contributed by atoms with Crippen LogP contribution < -0.4 is 4.74 Å². The maximum atomic E-state index is 13.4. The van der Waals surface area contributed by atoms with Crippen LogP contribution in [0.15, 0.2) is 71.9 Å². The molecule has 0 aliphatic rings. The molecule has 0 saturated heterocycles. The number of halogens is 1. The minimum Gasteiger partial charge on any atom is -0.497 e. The Kier molecular flexibility index (Phi) is 4.33. The van der Waals surface area contributed by atoms with Gasteiger partial charge in [-0.1, -0.05) is 29.8 Å².